The zero-order valence-corrected chi connectivity index (χ0v) is 9.74. The van der Waals surface area contributed by atoms with Crippen LogP contribution in [-0.2, 0) is 6.54 Å². The SMILES string of the molecule is Fc1ccc(F)c(Cn2ccnc2NC2CC2)c1. The topological polar surface area (TPSA) is 29.9 Å². The second-order valence-electron chi connectivity index (χ2n) is 4.53. The van der Waals surface area contributed by atoms with Gasteiger partial charge in [-0.3, -0.25) is 0 Å². The van der Waals surface area contributed by atoms with Gasteiger partial charge in [0.25, 0.3) is 0 Å². The lowest BCUT2D eigenvalue weighted by Crippen LogP contribution is -2.10. The van der Waals surface area contributed by atoms with Crippen molar-refractivity contribution in [3.63, 3.8) is 0 Å². The summed E-state index contributed by atoms with van der Waals surface area (Å²) in [6, 6.07) is 3.96. The van der Waals surface area contributed by atoms with Gasteiger partial charge in [-0.15, -0.1) is 0 Å². The van der Waals surface area contributed by atoms with Crippen LogP contribution in [0, 0.1) is 11.6 Å². The number of hydrogen-bond donors (Lipinski definition) is 1. The van der Waals surface area contributed by atoms with E-state index in [-0.39, 0.29) is 6.54 Å². The number of halogens is 2. The van der Waals surface area contributed by atoms with Crippen LogP contribution in [0.3, 0.4) is 0 Å². The van der Waals surface area contributed by atoms with Crippen molar-refractivity contribution in [2.75, 3.05) is 5.32 Å². The molecule has 1 saturated carbocycles. The van der Waals surface area contributed by atoms with Crippen LogP contribution in [0.5, 0.6) is 0 Å². The fraction of sp³-hybridized carbons (Fsp3) is 0.308. The molecular weight excluding hydrogens is 236 g/mol. The smallest absolute Gasteiger partial charge is 0.203 e. The van der Waals surface area contributed by atoms with Gasteiger partial charge in [-0.2, -0.15) is 0 Å². The van der Waals surface area contributed by atoms with Gasteiger partial charge in [0.1, 0.15) is 11.6 Å². The molecule has 0 unspecified atom stereocenters. The highest BCUT2D eigenvalue weighted by atomic mass is 19.1. The van der Waals surface area contributed by atoms with Crippen LogP contribution in [0.25, 0.3) is 0 Å². The lowest BCUT2D eigenvalue weighted by molar-refractivity contribution is 0.577. The first-order valence-corrected chi connectivity index (χ1v) is 5.94. The van der Waals surface area contributed by atoms with Gasteiger partial charge >= 0.3 is 0 Å². The zero-order chi connectivity index (χ0) is 12.5. The maximum atomic E-state index is 13.5. The first-order valence-electron chi connectivity index (χ1n) is 5.94. The van der Waals surface area contributed by atoms with E-state index >= 15 is 0 Å². The van der Waals surface area contributed by atoms with Crippen LogP contribution in [0.2, 0.25) is 0 Å². The molecule has 1 fully saturated rings. The molecule has 0 spiro atoms. The van der Waals surface area contributed by atoms with E-state index in [1.807, 2.05) is 0 Å². The highest BCUT2D eigenvalue weighted by molar-refractivity contribution is 5.31. The average molecular weight is 249 g/mol. The largest absolute Gasteiger partial charge is 0.353 e. The summed E-state index contributed by atoms with van der Waals surface area (Å²) in [4.78, 5) is 4.18. The van der Waals surface area contributed by atoms with Gasteiger partial charge in [-0.1, -0.05) is 0 Å². The van der Waals surface area contributed by atoms with Crippen molar-refractivity contribution in [3.8, 4) is 0 Å². The molecule has 0 bridgehead atoms. The monoisotopic (exact) mass is 249 g/mol. The number of hydrogen-bond acceptors (Lipinski definition) is 2. The molecule has 1 aromatic carbocycles. The molecule has 1 heterocycles. The van der Waals surface area contributed by atoms with Gasteiger partial charge in [-0.25, -0.2) is 13.8 Å². The summed E-state index contributed by atoms with van der Waals surface area (Å²) < 4.78 is 28.4. The second-order valence-corrected chi connectivity index (χ2v) is 4.53. The molecule has 1 aliphatic carbocycles. The molecule has 0 saturated heterocycles. The van der Waals surface area contributed by atoms with Crippen LogP contribution in [0.1, 0.15) is 18.4 Å². The summed E-state index contributed by atoms with van der Waals surface area (Å²) in [6.45, 7) is 0.276. The van der Waals surface area contributed by atoms with Crippen LogP contribution in [0.4, 0.5) is 14.7 Å². The fourth-order valence-electron chi connectivity index (χ4n) is 1.84. The van der Waals surface area contributed by atoms with Crippen molar-refractivity contribution in [1.82, 2.24) is 9.55 Å². The molecule has 0 aliphatic heterocycles. The molecule has 0 atom stereocenters. The third kappa shape index (κ3) is 2.34. The van der Waals surface area contributed by atoms with Gasteiger partial charge in [0.15, 0.2) is 0 Å². The summed E-state index contributed by atoms with van der Waals surface area (Å²) in [6.07, 6.45) is 5.69. The Morgan fingerprint density at radius 1 is 1.33 bits per heavy atom. The van der Waals surface area contributed by atoms with E-state index in [0.717, 1.165) is 25.0 Å². The lowest BCUT2D eigenvalue weighted by Gasteiger charge is -2.10. The van der Waals surface area contributed by atoms with E-state index in [2.05, 4.69) is 10.3 Å². The summed E-state index contributed by atoms with van der Waals surface area (Å²) in [5.74, 6) is -0.119. The second kappa shape index (κ2) is 4.40. The maximum Gasteiger partial charge on any atom is 0.203 e. The lowest BCUT2D eigenvalue weighted by atomic mass is 10.2. The Balaban J connectivity index is 1.82. The van der Waals surface area contributed by atoms with Gasteiger partial charge in [-0.05, 0) is 31.0 Å². The van der Waals surface area contributed by atoms with Gasteiger partial charge in [0.2, 0.25) is 5.95 Å². The van der Waals surface area contributed by atoms with Crippen molar-refractivity contribution in [2.24, 2.45) is 0 Å². The first kappa shape index (κ1) is 11.2. The highest BCUT2D eigenvalue weighted by Gasteiger charge is 2.22. The first-order chi connectivity index (χ1) is 8.72. The minimum atomic E-state index is -0.428. The molecule has 0 radical (unpaired) electrons. The predicted molar refractivity (Wildman–Crippen MR) is 64.3 cm³/mol. The Hall–Kier alpha value is -1.91. The van der Waals surface area contributed by atoms with E-state index in [1.165, 1.54) is 6.07 Å². The van der Waals surface area contributed by atoms with Crippen LogP contribution in [-0.4, -0.2) is 15.6 Å². The highest BCUT2D eigenvalue weighted by Crippen LogP contribution is 2.24. The number of nitrogens with one attached hydrogen (secondary N) is 1. The Labute approximate surface area is 103 Å². The van der Waals surface area contributed by atoms with Crippen molar-refractivity contribution < 1.29 is 8.78 Å². The van der Waals surface area contributed by atoms with Crippen molar-refractivity contribution in [3.05, 3.63) is 47.8 Å². The van der Waals surface area contributed by atoms with E-state index in [0.29, 0.717) is 17.6 Å². The molecule has 1 aromatic heterocycles. The molecule has 3 rings (SSSR count). The van der Waals surface area contributed by atoms with Crippen molar-refractivity contribution in [2.45, 2.75) is 25.4 Å². The fourth-order valence-corrected chi connectivity index (χ4v) is 1.84. The number of aromatic nitrogens is 2. The summed E-state index contributed by atoms with van der Waals surface area (Å²) >= 11 is 0. The number of anilines is 1. The van der Waals surface area contributed by atoms with Crippen molar-refractivity contribution in [1.29, 1.82) is 0 Å². The quantitative estimate of drug-likeness (QED) is 0.903. The van der Waals surface area contributed by atoms with Crippen LogP contribution >= 0.6 is 0 Å². The van der Waals surface area contributed by atoms with E-state index in [1.54, 1.807) is 17.0 Å². The standard InChI is InChI=1S/C13H13F2N3/c14-10-1-4-12(15)9(7-10)8-18-6-5-16-13(18)17-11-2-3-11/h1,4-7,11H,2-3,8H2,(H,16,17). The number of nitrogens with zero attached hydrogens (tertiary/aromatic N) is 2. The summed E-state index contributed by atoms with van der Waals surface area (Å²) in [5.41, 5.74) is 0.326. The Kier molecular flexibility index (Phi) is 2.74. The number of rotatable bonds is 4. The molecule has 18 heavy (non-hydrogen) atoms. The predicted octanol–water partition coefficient (Wildman–Crippen LogP) is 2.78. The van der Waals surface area contributed by atoms with Gasteiger partial charge in [0, 0.05) is 24.0 Å². The Morgan fingerprint density at radius 2 is 2.17 bits per heavy atom. The van der Waals surface area contributed by atoms with Gasteiger partial charge < -0.3 is 9.88 Å². The summed E-state index contributed by atoms with van der Waals surface area (Å²) in [5, 5.41) is 3.25. The number of imidazole rings is 1. The molecule has 94 valence electrons. The molecule has 1 aliphatic rings. The normalized spacial score (nSPS) is 14.8. The maximum absolute atomic E-state index is 13.5. The third-order valence-corrected chi connectivity index (χ3v) is 2.97. The van der Waals surface area contributed by atoms with E-state index in [9.17, 15) is 8.78 Å². The molecular formula is C13H13F2N3. The van der Waals surface area contributed by atoms with Crippen LogP contribution in [0.15, 0.2) is 30.6 Å². The third-order valence-electron chi connectivity index (χ3n) is 2.97. The zero-order valence-electron chi connectivity index (χ0n) is 9.74. The Morgan fingerprint density at radius 3 is 2.94 bits per heavy atom. The minimum absolute atomic E-state index is 0.276. The van der Waals surface area contributed by atoms with Gasteiger partial charge in [0.05, 0.1) is 6.54 Å². The van der Waals surface area contributed by atoms with Crippen LogP contribution < -0.4 is 5.32 Å². The molecule has 3 nitrogen and oxygen atoms in total. The Bertz CT molecular complexity index is 561. The van der Waals surface area contributed by atoms with E-state index in [4.69, 9.17) is 0 Å². The average Bonchev–Trinajstić information content (AvgIpc) is 3.05. The molecule has 5 heteroatoms. The van der Waals surface area contributed by atoms with Crippen molar-refractivity contribution >= 4 is 5.95 Å². The summed E-state index contributed by atoms with van der Waals surface area (Å²) in [7, 11) is 0. The minimum Gasteiger partial charge on any atom is -0.353 e. The molecule has 1 N–H and O–H groups in total. The van der Waals surface area contributed by atoms with E-state index < -0.39 is 11.6 Å². The number of benzene rings is 1. The molecule has 2 aromatic rings. The molecule has 0 amide bonds.